The zero-order valence-electron chi connectivity index (χ0n) is 15.0. The van der Waals surface area contributed by atoms with Gasteiger partial charge in [0.1, 0.15) is 6.04 Å². The highest BCUT2D eigenvalue weighted by Crippen LogP contribution is 2.19. The monoisotopic (exact) mass is 377 g/mol. The van der Waals surface area contributed by atoms with Crippen LogP contribution in [-0.4, -0.2) is 45.3 Å². The Labute approximate surface area is 160 Å². The molecule has 3 heterocycles. The van der Waals surface area contributed by atoms with Crippen LogP contribution in [0.1, 0.15) is 12.0 Å². The fourth-order valence-electron chi connectivity index (χ4n) is 3.33. The van der Waals surface area contributed by atoms with Crippen molar-refractivity contribution in [2.75, 3.05) is 11.9 Å². The van der Waals surface area contributed by atoms with Crippen molar-refractivity contribution in [1.82, 2.24) is 20.2 Å². The van der Waals surface area contributed by atoms with Crippen molar-refractivity contribution in [3.05, 3.63) is 60.6 Å². The van der Waals surface area contributed by atoms with E-state index in [0.29, 0.717) is 12.1 Å². The summed E-state index contributed by atoms with van der Waals surface area (Å²) >= 11 is 0. The number of urea groups is 1. The summed E-state index contributed by atoms with van der Waals surface area (Å²) in [5.74, 6) is -0.740. The number of anilines is 1. The van der Waals surface area contributed by atoms with E-state index in [1.165, 1.54) is 11.1 Å². The zero-order valence-corrected chi connectivity index (χ0v) is 15.0. The molecule has 1 aliphatic heterocycles. The molecule has 0 aliphatic carbocycles. The van der Waals surface area contributed by atoms with Crippen LogP contribution < -0.4 is 10.6 Å². The van der Waals surface area contributed by atoms with Crippen LogP contribution in [0.2, 0.25) is 0 Å². The van der Waals surface area contributed by atoms with Crippen LogP contribution in [0.15, 0.2) is 55.0 Å². The lowest BCUT2D eigenvalue weighted by molar-refractivity contribution is -0.129. The van der Waals surface area contributed by atoms with E-state index in [-0.39, 0.29) is 24.8 Å². The third-order valence-corrected chi connectivity index (χ3v) is 4.72. The number of aromatic amines is 1. The first-order valence-corrected chi connectivity index (χ1v) is 8.98. The molecule has 3 aromatic rings. The van der Waals surface area contributed by atoms with Gasteiger partial charge < -0.3 is 15.6 Å². The highest BCUT2D eigenvalue weighted by molar-refractivity contribution is 6.07. The number of para-hydroxylation sites is 1. The Hall–Kier alpha value is -3.68. The SMILES string of the molecule is O=C(C[C@H]1NC(=O)N(CCc2c[nH]c3ccccc23)C1=O)Nc1cccnc1. The Morgan fingerprint density at radius 1 is 1.18 bits per heavy atom. The van der Waals surface area contributed by atoms with Gasteiger partial charge in [-0.05, 0) is 30.2 Å². The minimum atomic E-state index is -0.854. The molecule has 4 amide bonds. The Morgan fingerprint density at radius 2 is 2.04 bits per heavy atom. The Balaban J connectivity index is 1.36. The molecule has 142 valence electrons. The second-order valence-corrected chi connectivity index (χ2v) is 6.60. The maximum atomic E-state index is 12.6. The summed E-state index contributed by atoms with van der Waals surface area (Å²) < 4.78 is 0. The van der Waals surface area contributed by atoms with Gasteiger partial charge in [0.2, 0.25) is 5.91 Å². The number of benzene rings is 1. The van der Waals surface area contributed by atoms with Gasteiger partial charge in [0.25, 0.3) is 5.91 Å². The van der Waals surface area contributed by atoms with E-state index >= 15 is 0 Å². The third-order valence-electron chi connectivity index (χ3n) is 4.72. The number of nitrogens with zero attached hydrogens (tertiary/aromatic N) is 2. The average molecular weight is 377 g/mol. The second-order valence-electron chi connectivity index (χ2n) is 6.60. The maximum absolute atomic E-state index is 12.6. The topological polar surface area (TPSA) is 107 Å². The van der Waals surface area contributed by atoms with Crippen molar-refractivity contribution >= 4 is 34.4 Å². The van der Waals surface area contributed by atoms with Gasteiger partial charge in [0.15, 0.2) is 0 Å². The molecule has 0 bridgehead atoms. The zero-order chi connectivity index (χ0) is 19.5. The number of hydrogen-bond donors (Lipinski definition) is 3. The molecule has 0 saturated carbocycles. The molecule has 2 aromatic heterocycles. The van der Waals surface area contributed by atoms with E-state index in [4.69, 9.17) is 0 Å². The van der Waals surface area contributed by atoms with Crippen LogP contribution in [-0.2, 0) is 16.0 Å². The van der Waals surface area contributed by atoms with Crippen molar-refractivity contribution in [1.29, 1.82) is 0 Å². The molecule has 1 saturated heterocycles. The quantitative estimate of drug-likeness (QED) is 0.572. The standard InChI is InChI=1S/C20H19N5O3/c26-18(23-14-4-3-8-21-12-14)10-17-19(27)25(20(28)24-17)9-7-13-11-22-16-6-2-1-5-15(13)16/h1-6,8,11-12,17,22H,7,9-10H2,(H,23,26)(H,24,28)/t17-/m1/s1. The number of amides is 4. The van der Waals surface area contributed by atoms with E-state index in [0.717, 1.165) is 16.5 Å². The van der Waals surface area contributed by atoms with Gasteiger partial charge in [0.05, 0.1) is 18.3 Å². The summed E-state index contributed by atoms with van der Waals surface area (Å²) in [6, 6.07) is 9.95. The second kappa shape index (κ2) is 7.51. The van der Waals surface area contributed by atoms with Crippen LogP contribution in [0.5, 0.6) is 0 Å². The summed E-state index contributed by atoms with van der Waals surface area (Å²) in [6.07, 6.45) is 5.42. The molecular weight excluding hydrogens is 358 g/mol. The fourth-order valence-corrected chi connectivity index (χ4v) is 3.33. The molecule has 1 atom stereocenters. The third kappa shape index (κ3) is 3.57. The van der Waals surface area contributed by atoms with Crippen molar-refractivity contribution in [2.24, 2.45) is 0 Å². The summed E-state index contributed by atoms with van der Waals surface area (Å²) in [4.78, 5) is 45.2. The molecule has 1 fully saturated rings. The van der Waals surface area contributed by atoms with Crippen molar-refractivity contribution in [2.45, 2.75) is 18.9 Å². The summed E-state index contributed by atoms with van der Waals surface area (Å²) in [5, 5.41) is 6.33. The number of nitrogens with one attached hydrogen (secondary N) is 3. The molecule has 28 heavy (non-hydrogen) atoms. The largest absolute Gasteiger partial charge is 0.361 e. The molecular formula is C20H19N5O3. The van der Waals surface area contributed by atoms with Gasteiger partial charge >= 0.3 is 6.03 Å². The first-order valence-electron chi connectivity index (χ1n) is 8.98. The number of hydrogen-bond acceptors (Lipinski definition) is 4. The van der Waals surface area contributed by atoms with Crippen LogP contribution in [0.4, 0.5) is 10.5 Å². The number of imide groups is 1. The van der Waals surface area contributed by atoms with Crippen molar-refractivity contribution < 1.29 is 14.4 Å². The number of carbonyl (C=O) groups is 3. The average Bonchev–Trinajstić information content (AvgIpc) is 3.22. The minimum Gasteiger partial charge on any atom is -0.361 e. The number of pyridine rings is 1. The number of rotatable bonds is 6. The molecule has 3 N–H and O–H groups in total. The van der Waals surface area contributed by atoms with E-state index in [1.807, 2.05) is 30.5 Å². The molecule has 1 aromatic carbocycles. The number of carbonyl (C=O) groups excluding carboxylic acids is 3. The van der Waals surface area contributed by atoms with E-state index in [2.05, 4.69) is 20.6 Å². The molecule has 4 rings (SSSR count). The van der Waals surface area contributed by atoms with Gasteiger partial charge in [-0.25, -0.2) is 4.79 Å². The van der Waals surface area contributed by atoms with Gasteiger partial charge in [-0.3, -0.25) is 19.5 Å². The lowest BCUT2D eigenvalue weighted by Crippen LogP contribution is -2.34. The Kier molecular flexibility index (Phi) is 4.76. The minimum absolute atomic E-state index is 0.122. The van der Waals surface area contributed by atoms with E-state index < -0.39 is 12.1 Å². The number of aromatic nitrogens is 2. The fraction of sp³-hybridized carbons (Fsp3) is 0.200. The molecule has 1 aliphatic rings. The maximum Gasteiger partial charge on any atom is 0.324 e. The van der Waals surface area contributed by atoms with Crippen LogP contribution in [0.25, 0.3) is 10.9 Å². The first kappa shape index (κ1) is 17.7. The molecule has 0 spiro atoms. The van der Waals surface area contributed by atoms with Crippen LogP contribution in [0, 0.1) is 0 Å². The van der Waals surface area contributed by atoms with Crippen molar-refractivity contribution in [3.8, 4) is 0 Å². The molecule has 0 radical (unpaired) electrons. The van der Waals surface area contributed by atoms with Crippen LogP contribution >= 0.6 is 0 Å². The smallest absolute Gasteiger partial charge is 0.324 e. The predicted molar refractivity (Wildman–Crippen MR) is 104 cm³/mol. The molecule has 8 heteroatoms. The summed E-state index contributed by atoms with van der Waals surface area (Å²) in [7, 11) is 0. The van der Waals surface area contributed by atoms with E-state index in [9.17, 15) is 14.4 Å². The highest BCUT2D eigenvalue weighted by atomic mass is 16.2. The molecule has 8 nitrogen and oxygen atoms in total. The van der Waals surface area contributed by atoms with Gasteiger partial charge in [-0.2, -0.15) is 0 Å². The van der Waals surface area contributed by atoms with Crippen LogP contribution in [0.3, 0.4) is 0 Å². The lowest BCUT2D eigenvalue weighted by atomic mass is 10.1. The first-order chi connectivity index (χ1) is 13.6. The lowest BCUT2D eigenvalue weighted by Gasteiger charge is -2.12. The summed E-state index contributed by atoms with van der Waals surface area (Å²) in [5.41, 5.74) is 2.59. The van der Waals surface area contributed by atoms with Gasteiger partial charge in [-0.1, -0.05) is 18.2 Å². The molecule has 0 unspecified atom stereocenters. The van der Waals surface area contributed by atoms with E-state index in [1.54, 1.807) is 18.3 Å². The highest BCUT2D eigenvalue weighted by Gasteiger charge is 2.38. The number of fused-ring (bicyclic) bond motifs is 1. The van der Waals surface area contributed by atoms with Crippen molar-refractivity contribution in [3.63, 3.8) is 0 Å². The normalized spacial score (nSPS) is 16.4. The Morgan fingerprint density at radius 3 is 2.86 bits per heavy atom. The summed E-state index contributed by atoms with van der Waals surface area (Å²) in [6.45, 7) is 0.257. The van der Waals surface area contributed by atoms with Gasteiger partial charge in [-0.15, -0.1) is 0 Å². The van der Waals surface area contributed by atoms with Gasteiger partial charge in [0, 0.05) is 29.8 Å². The number of H-pyrrole nitrogens is 1. The Bertz CT molecular complexity index is 1030. The predicted octanol–water partition coefficient (Wildman–Crippen LogP) is 2.05.